The number of nitro groups is 1. The van der Waals surface area contributed by atoms with Gasteiger partial charge in [-0.05, 0) is 35.9 Å². The maximum Gasteiger partial charge on any atom is 0.269 e. The van der Waals surface area contributed by atoms with Crippen molar-refractivity contribution in [3.8, 4) is 5.75 Å². The summed E-state index contributed by atoms with van der Waals surface area (Å²) in [5.74, 6) is 0.293. The maximum atomic E-state index is 12.5. The van der Waals surface area contributed by atoms with Crippen molar-refractivity contribution in [2.24, 2.45) is 0 Å². The van der Waals surface area contributed by atoms with Gasteiger partial charge in [-0.15, -0.1) is 0 Å². The van der Waals surface area contributed by atoms with Gasteiger partial charge in [-0.1, -0.05) is 12.1 Å². The number of nitro benzene ring substituents is 1. The van der Waals surface area contributed by atoms with Crippen LogP contribution in [-0.2, 0) is 6.54 Å². The summed E-state index contributed by atoms with van der Waals surface area (Å²) in [6, 6.07) is 15.6. The zero-order chi connectivity index (χ0) is 20.1. The van der Waals surface area contributed by atoms with Crippen LogP contribution in [0.5, 0.6) is 5.75 Å². The number of nitrogens with one attached hydrogen (secondary N) is 1. The van der Waals surface area contributed by atoms with Crippen molar-refractivity contribution in [2.45, 2.75) is 6.54 Å². The van der Waals surface area contributed by atoms with E-state index in [2.05, 4.69) is 5.32 Å². The molecule has 142 valence electrons. The minimum Gasteiger partial charge on any atom is -0.497 e. The van der Waals surface area contributed by atoms with Gasteiger partial charge < -0.3 is 14.6 Å². The number of ether oxygens (including phenoxy) is 1. The minimum atomic E-state index is -0.495. The topological polar surface area (TPSA) is 103 Å². The number of rotatable bonds is 6. The number of carbonyl (C=O) groups excluding carboxylic acids is 1. The third-order valence-electron chi connectivity index (χ3n) is 4.07. The number of hydrogen-bond donors (Lipinski definition) is 1. The van der Waals surface area contributed by atoms with Gasteiger partial charge in [0, 0.05) is 30.1 Å². The number of hydrogen-bond acceptors (Lipinski definition) is 5. The smallest absolute Gasteiger partial charge is 0.269 e. The molecular weight excluding hydrogens is 362 g/mol. The second kappa shape index (κ2) is 8.17. The van der Waals surface area contributed by atoms with E-state index in [4.69, 9.17) is 4.74 Å². The lowest BCUT2D eigenvalue weighted by Gasteiger charge is -2.10. The minimum absolute atomic E-state index is 0.0565. The molecule has 1 N–H and O–H groups in total. The first-order chi connectivity index (χ1) is 13.5. The van der Waals surface area contributed by atoms with E-state index in [1.54, 1.807) is 43.5 Å². The average Bonchev–Trinajstić information content (AvgIpc) is 2.70. The molecule has 1 amide bonds. The van der Waals surface area contributed by atoms with Crippen LogP contribution in [0.1, 0.15) is 15.9 Å². The van der Waals surface area contributed by atoms with Gasteiger partial charge in [0.05, 0.1) is 24.1 Å². The monoisotopic (exact) mass is 379 g/mol. The Hall–Kier alpha value is -3.94. The van der Waals surface area contributed by atoms with E-state index in [9.17, 15) is 19.7 Å². The van der Waals surface area contributed by atoms with Crippen LogP contribution >= 0.6 is 0 Å². The van der Waals surface area contributed by atoms with Crippen molar-refractivity contribution in [3.05, 3.63) is 98.5 Å². The normalized spacial score (nSPS) is 10.3. The van der Waals surface area contributed by atoms with E-state index in [1.807, 2.05) is 0 Å². The molecule has 0 bridgehead atoms. The van der Waals surface area contributed by atoms with Crippen molar-refractivity contribution < 1.29 is 14.5 Å². The molecule has 0 saturated heterocycles. The van der Waals surface area contributed by atoms with E-state index in [0.717, 1.165) is 0 Å². The van der Waals surface area contributed by atoms with Gasteiger partial charge in [0.15, 0.2) is 0 Å². The second-order valence-electron chi connectivity index (χ2n) is 5.99. The Morgan fingerprint density at radius 3 is 2.57 bits per heavy atom. The Bertz CT molecular complexity index is 1070. The van der Waals surface area contributed by atoms with Crippen LogP contribution in [0.2, 0.25) is 0 Å². The number of anilines is 1. The summed E-state index contributed by atoms with van der Waals surface area (Å²) in [7, 11) is 1.55. The van der Waals surface area contributed by atoms with Crippen LogP contribution < -0.4 is 15.6 Å². The van der Waals surface area contributed by atoms with Crippen molar-refractivity contribution in [1.82, 2.24) is 4.57 Å². The first-order valence-corrected chi connectivity index (χ1v) is 8.35. The predicted octanol–water partition coefficient (Wildman–Crippen LogP) is 3.07. The number of carbonyl (C=O) groups is 1. The van der Waals surface area contributed by atoms with Gasteiger partial charge in [0.25, 0.3) is 17.2 Å². The van der Waals surface area contributed by atoms with Crippen molar-refractivity contribution in [2.75, 3.05) is 12.4 Å². The van der Waals surface area contributed by atoms with Crippen LogP contribution in [0.3, 0.4) is 0 Å². The molecule has 0 atom stereocenters. The highest BCUT2D eigenvalue weighted by Crippen LogP contribution is 2.16. The number of non-ortho nitro benzene ring substituents is 1. The molecular formula is C20H17N3O5. The van der Waals surface area contributed by atoms with Gasteiger partial charge in [-0.25, -0.2) is 0 Å². The molecule has 0 aliphatic heterocycles. The molecule has 0 aliphatic carbocycles. The molecule has 1 heterocycles. The number of amides is 1. The average molecular weight is 379 g/mol. The second-order valence-corrected chi connectivity index (χ2v) is 5.99. The molecule has 8 heteroatoms. The van der Waals surface area contributed by atoms with E-state index in [0.29, 0.717) is 22.6 Å². The molecule has 0 spiro atoms. The number of nitrogens with zero attached hydrogens (tertiary/aromatic N) is 2. The van der Waals surface area contributed by atoms with Crippen LogP contribution in [0.4, 0.5) is 11.4 Å². The lowest BCUT2D eigenvalue weighted by molar-refractivity contribution is -0.384. The lowest BCUT2D eigenvalue weighted by atomic mass is 10.2. The van der Waals surface area contributed by atoms with E-state index >= 15 is 0 Å². The van der Waals surface area contributed by atoms with Crippen molar-refractivity contribution >= 4 is 17.3 Å². The lowest BCUT2D eigenvalue weighted by Crippen LogP contribution is -2.22. The zero-order valence-electron chi connectivity index (χ0n) is 15.0. The first kappa shape index (κ1) is 18.8. The van der Waals surface area contributed by atoms with Crippen LogP contribution in [0.15, 0.2) is 71.7 Å². The molecule has 0 fully saturated rings. The summed E-state index contributed by atoms with van der Waals surface area (Å²) in [5.41, 5.74) is 1.10. The molecule has 0 unspecified atom stereocenters. The molecule has 3 aromatic rings. The predicted molar refractivity (Wildman–Crippen MR) is 104 cm³/mol. The fourth-order valence-electron chi connectivity index (χ4n) is 2.63. The fraction of sp³-hybridized carbons (Fsp3) is 0.100. The third-order valence-corrected chi connectivity index (χ3v) is 4.07. The first-order valence-electron chi connectivity index (χ1n) is 8.35. The Kier molecular flexibility index (Phi) is 5.50. The van der Waals surface area contributed by atoms with E-state index in [-0.39, 0.29) is 23.7 Å². The Balaban J connectivity index is 1.80. The quantitative estimate of drug-likeness (QED) is 0.524. The molecule has 0 radical (unpaired) electrons. The molecule has 28 heavy (non-hydrogen) atoms. The number of benzene rings is 2. The molecule has 2 aromatic carbocycles. The number of pyridine rings is 1. The largest absolute Gasteiger partial charge is 0.497 e. The molecule has 1 aromatic heterocycles. The van der Waals surface area contributed by atoms with Crippen LogP contribution in [-0.4, -0.2) is 22.5 Å². The summed E-state index contributed by atoms with van der Waals surface area (Å²) >= 11 is 0. The number of methoxy groups -OCH3 is 1. The van der Waals surface area contributed by atoms with Crippen LogP contribution in [0, 0.1) is 10.1 Å². The Morgan fingerprint density at radius 2 is 1.89 bits per heavy atom. The van der Waals surface area contributed by atoms with Gasteiger partial charge in [0.2, 0.25) is 0 Å². The SMILES string of the molecule is COc1ccc(NC(=O)c2ccc(=O)n(Cc3cccc([N+](=O)[O-])c3)c2)cc1. The summed E-state index contributed by atoms with van der Waals surface area (Å²) in [4.78, 5) is 35.0. The molecule has 8 nitrogen and oxygen atoms in total. The van der Waals surface area contributed by atoms with Gasteiger partial charge in [-0.3, -0.25) is 19.7 Å². The Morgan fingerprint density at radius 1 is 1.14 bits per heavy atom. The molecule has 0 aliphatic rings. The van der Waals surface area contributed by atoms with Gasteiger partial charge >= 0.3 is 0 Å². The van der Waals surface area contributed by atoms with Crippen LogP contribution in [0.25, 0.3) is 0 Å². The molecule has 3 rings (SSSR count). The summed E-state index contributed by atoms with van der Waals surface area (Å²) < 4.78 is 6.41. The standard InChI is InChI=1S/C20H17N3O5/c1-28-18-8-6-16(7-9-18)21-20(25)15-5-10-19(24)22(13-15)12-14-3-2-4-17(11-14)23(26)27/h2-11,13H,12H2,1H3,(H,21,25). The highest BCUT2D eigenvalue weighted by molar-refractivity contribution is 6.04. The van der Waals surface area contributed by atoms with Gasteiger partial charge in [0.1, 0.15) is 5.75 Å². The summed E-state index contributed by atoms with van der Waals surface area (Å²) in [6.07, 6.45) is 1.43. The zero-order valence-corrected chi connectivity index (χ0v) is 15.0. The highest BCUT2D eigenvalue weighted by atomic mass is 16.6. The van der Waals surface area contributed by atoms with E-state index < -0.39 is 4.92 Å². The third kappa shape index (κ3) is 4.42. The van der Waals surface area contributed by atoms with Crippen molar-refractivity contribution in [1.29, 1.82) is 0 Å². The fourth-order valence-corrected chi connectivity index (χ4v) is 2.63. The maximum absolute atomic E-state index is 12.5. The summed E-state index contributed by atoms with van der Waals surface area (Å²) in [6.45, 7) is 0.115. The van der Waals surface area contributed by atoms with E-state index in [1.165, 1.54) is 35.0 Å². The number of aromatic nitrogens is 1. The summed E-state index contributed by atoms with van der Waals surface area (Å²) in [5, 5.41) is 13.7. The molecule has 0 saturated carbocycles. The van der Waals surface area contributed by atoms with Gasteiger partial charge in [-0.2, -0.15) is 0 Å². The highest BCUT2D eigenvalue weighted by Gasteiger charge is 2.10. The van der Waals surface area contributed by atoms with Crippen molar-refractivity contribution in [3.63, 3.8) is 0 Å². The Labute approximate surface area is 160 Å².